The Morgan fingerprint density at radius 3 is 2.70 bits per heavy atom. The fourth-order valence-corrected chi connectivity index (χ4v) is 2.24. The predicted octanol–water partition coefficient (Wildman–Crippen LogP) is 2.17. The first-order chi connectivity index (χ1) is 9.77. The summed E-state index contributed by atoms with van der Waals surface area (Å²) in [6, 6.07) is 7.44. The molecule has 20 heavy (non-hydrogen) atoms. The standard InChI is InChI=1S/C15H25NO3S/c1-18-14-7-3-4-8-15(14)19-12-13(17)11-16-9-5-6-10-20-2/h3-4,7-8,13,16-17H,5-6,9-12H2,1-2H3. The molecule has 5 heteroatoms. The Balaban J connectivity index is 2.14. The zero-order valence-corrected chi connectivity index (χ0v) is 13.1. The third kappa shape index (κ3) is 7.03. The van der Waals surface area contributed by atoms with Crippen LogP contribution in [-0.2, 0) is 0 Å². The van der Waals surface area contributed by atoms with Crippen molar-refractivity contribution in [3.63, 3.8) is 0 Å². The van der Waals surface area contributed by atoms with Gasteiger partial charge in [-0.25, -0.2) is 0 Å². The number of methoxy groups -OCH3 is 1. The van der Waals surface area contributed by atoms with E-state index in [1.807, 2.05) is 36.0 Å². The Morgan fingerprint density at radius 1 is 1.25 bits per heavy atom. The van der Waals surface area contributed by atoms with Crippen molar-refractivity contribution in [1.82, 2.24) is 5.32 Å². The van der Waals surface area contributed by atoms with Crippen LogP contribution in [0, 0.1) is 0 Å². The van der Waals surface area contributed by atoms with Gasteiger partial charge in [0.1, 0.15) is 12.7 Å². The maximum Gasteiger partial charge on any atom is 0.161 e. The Bertz CT molecular complexity index is 363. The maximum absolute atomic E-state index is 9.84. The highest BCUT2D eigenvalue weighted by Crippen LogP contribution is 2.25. The van der Waals surface area contributed by atoms with E-state index in [0.717, 1.165) is 13.0 Å². The molecule has 0 bridgehead atoms. The maximum atomic E-state index is 9.84. The molecule has 0 radical (unpaired) electrons. The van der Waals surface area contributed by atoms with Crippen LogP contribution in [0.2, 0.25) is 0 Å². The number of ether oxygens (including phenoxy) is 2. The van der Waals surface area contributed by atoms with Crippen molar-refractivity contribution in [3.8, 4) is 11.5 Å². The lowest BCUT2D eigenvalue weighted by atomic mass is 10.3. The fourth-order valence-electron chi connectivity index (χ4n) is 1.75. The minimum absolute atomic E-state index is 0.262. The minimum Gasteiger partial charge on any atom is -0.493 e. The molecule has 0 amide bonds. The normalized spacial score (nSPS) is 12.2. The molecule has 0 spiro atoms. The molecule has 0 aliphatic rings. The van der Waals surface area contributed by atoms with Crippen LogP contribution in [0.1, 0.15) is 12.8 Å². The molecule has 4 nitrogen and oxygen atoms in total. The highest BCUT2D eigenvalue weighted by molar-refractivity contribution is 7.98. The first-order valence-electron chi connectivity index (χ1n) is 6.91. The summed E-state index contributed by atoms with van der Waals surface area (Å²) >= 11 is 1.87. The van der Waals surface area contributed by atoms with Crippen LogP contribution >= 0.6 is 11.8 Å². The SMILES string of the molecule is COc1ccccc1OCC(O)CNCCCCSC. The molecule has 0 saturated carbocycles. The summed E-state index contributed by atoms with van der Waals surface area (Å²) in [4.78, 5) is 0. The van der Waals surface area contributed by atoms with Gasteiger partial charge in [-0.2, -0.15) is 11.8 Å². The number of aliphatic hydroxyl groups excluding tert-OH is 1. The number of hydrogen-bond donors (Lipinski definition) is 2. The lowest BCUT2D eigenvalue weighted by Crippen LogP contribution is -2.32. The summed E-state index contributed by atoms with van der Waals surface area (Å²) in [5.41, 5.74) is 0. The molecule has 1 aromatic carbocycles. The van der Waals surface area contributed by atoms with Crippen LogP contribution in [0.4, 0.5) is 0 Å². The second kappa shape index (κ2) is 10.8. The molecule has 0 heterocycles. The Labute approximate surface area is 125 Å². The third-order valence-electron chi connectivity index (χ3n) is 2.83. The molecule has 0 fully saturated rings. The van der Waals surface area contributed by atoms with Gasteiger partial charge in [0.25, 0.3) is 0 Å². The number of rotatable bonds is 11. The van der Waals surface area contributed by atoms with Gasteiger partial charge in [-0.1, -0.05) is 12.1 Å². The molecule has 2 N–H and O–H groups in total. The van der Waals surface area contributed by atoms with Crippen LogP contribution in [0.15, 0.2) is 24.3 Å². The predicted molar refractivity (Wildman–Crippen MR) is 85.0 cm³/mol. The van der Waals surface area contributed by atoms with Crippen molar-refractivity contribution >= 4 is 11.8 Å². The summed E-state index contributed by atoms with van der Waals surface area (Å²) in [6.45, 7) is 1.75. The Morgan fingerprint density at radius 2 is 2.00 bits per heavy atom. The lowest BCUT2D eigenvalue weighted by molar-refractivity contribution is 0.105. The van der Waals surface area contributed by atoms with Crippen molar-refractivity contribution in [2.45, 2.75) is 18.9 Å². The molecule has 1 aromatic rings. The first-order valence-corrected chi connectivity index (χ1v) is 8.31. The largest absolute Gasteiger partial charge is 0.493 e. The van der Waals surface area contributed by atoms with E-state index in [1.165, 1.54) is 12.2 Å². The van der Waals surface area contributed by atoms with Gasteiger partial charge in [-0.3, -0.25) is 0 Å². The van der Waals surface area contributed by atoms with E-state index in [0.29, 0.717) is 18.0 Å². The van der Waals surface area contributed by atoms with Crippen molar-refractivity contribution in [3.05, 3.63) is 24.3 Å². The van der Waals surface area contributed by atoms with E-state index < -0.39 is 6.10 Å². The van der Waals surface area contributed by atoms with E-state index in [-0.39, 0.29) is 6.61 Å². The smallest absolute Gasteiger partial charge is 0.161 e. The van der Waals surface area contributed by atoms with Gasteiger partial charge in [0, 0.05) is 6.54 Å². The van der Waals surface area contributed by atoms with Crippen LogP contribution in [0.5, 0.6) is 11.5 Å². The second-order valence-electron chi connectivity index (χ2n) is 4.52. The quantitative estimate of drug-likeness (QED) is 0.613. The lowest BCUT2D eigenvalue weighted by Gasteiger charge is -2.14. The molecule has 0 saturated heterocycles. The molecule has 1 atom stereocenters. The van der Waals surface area contributed by atoms with Gasteiger partial charge in [0.2, 0.25) is 0 Å². The summed E-state index contributed by atoms with van der Waals surface area (Å²) in [5, 5.41) is 13.1. The van der Waals surface area contributed by atoms with Gasteiger partial charge >= 0.3 is 0 Å². The summed E-state index contributed by atoms with van der Waals surface area (Å²) in [7, 11) is 1.61. The molecule has 114 valence electrons. The van der Waals surface area contributed by atoms with E-state index in [9.17, 15) is 5.11 Å². The zero-order chi connectivity index (χ0) is 14.6. The second-order valence-corrected chi connectivity index (χ2v) is 5.51. The number of hydrogen-bond acceptors (Lipinski definition) is 5. The van der Waals surface area contributed by atoms with E-state index in [2.05, 4.69) is 11.6 Å². The highest BCUT2D eigenvalue weighted by Gasteiger charge is 2.07. The average molecular weight is 299 g/mol. The zero-order valence-electron chi connectivity index (χ0n) is 12.3. The average Bonchev–Trinajstić information content (AvgIpc) is 2.49. The first kappa shape index (κ1) is 17.1. The Hall–Kier alpha value is -0.910. The topological polar surface area (TPSA) is 50.7 Å². The van der Waals surface area contributed by atoms with Crippen LogP contribution < -0.4 is 14.8 Å². The van der Waals surface area contributed by atoms with Gasteiger partial charge in [0.15, 0.2) is 11.5 Å². The number of benzene rings is 1. The summed E-state index contributed by atoms with van der Waals surface area (Å²) in [5.74, 6) is 2.54. The molecule has 1 unspecified atom stereocenters. The third-order valence-corrected chi connectivity index (χ3v) is 3.53. The monoisotopic (exact) mass is 299 g/mol. The summed E-state index contributed by atoms with van der Waals surface area (Å²) < 4.78 is 10.8. The van der Waals surface area contributed by atoms with Gasteiger partial charge in [0.05, 0.1) is 7.11 Å². The summed E-state index contributed by atoms with van der Waals surface area (Å²) in [6.07, 6.45) is 3.95. The number of para-hydroxylation sites is 2. The molecule has 0 aromatic heterocycles. The molecule has 0 aliphatic carbocycles. The van der Waals surface area contributed by atoms with Crippen LogP contribution in [-0.4, -0.2) is 50.0 Å². The van der Waals surface area contributed by atoms with Crippen molar-refractivity contribution in [2.24, 2.45) is 0 Å². The number of unbranched alkanes of at least 4 members (excludes halogenated alkanes) is 1. The number of nitrogens with one attached hydrogen (secondary N) is 1. The van der Waals surface area contributed by atoms with Gasteiger partial charge in [-0.05, 0) is 43.5 Å². The van der Waals surface area contributed by atoms with Gasteiger partial charge < -0.3 is 19.9 Å². The van der Waals surface area contributed by atoms with Crippen molar-refractivity contribution < 1.29 is 14.6 Å². The number of thioether (sulfide) groups is 1. The molecular formula is C15H25NO3S. The van der Waals surface area contributed by atoms with E-state index in [4.69, 9.17) is 9.47 Å². The van der Waals surface area contributed by atoms with E-state index in [1.54, 1.807) is 7.11 Å². The fraction of sp³-hybridized carbons (Fsp3) is 0.600. The van der Waals surface area contributed by atoms with E-state index >= 15 is 0 Å². The van der Waals surface area contributed by atoms with Crippen molar-refractivity contribution in [1.29, 1.82) is 0 Å². The molecule has 0 aliphatic heterocycles. The van der Waals surface area contributed by atoms with Crippen LogP contribution in [0.25, 0.3) is 0 Å². The highest BCUT2D eigenvalue weighted by atomic mass is 32.2. The van der Waals surface area contributed by atoms with Crippen LogP contribution in [0.3, 0.4) is 0 Å². The van der Waals surface area contributed by atoms with Crippen molar-refractivity contribution in [2.75, 3.05) is 38.8 Å². The minimum atomic E-state index is -0.513. The number of aliphatic hydroxyl groups is 1. The molecular weight excluding hydrogens is 274 g/mol. The molecule has 1 rings (SSSR count). The Kier molecular flexibility index (Phi) is 9.28. The van der Waals surface area contributed by atoms with Gasteiger partial charge in [-0.15, -0.1) is 0 Å².